The van der Waals surface area contributed by atoms with Crippen molar-refractivity contribution in [3.63, 3.8) is 0 Å². The van der Waals surface area contributed by atoms with E-state index in [4.69, 9.17) is 17.3 Å². The molecule has 88 valence electrons. The predicted octanol–water partition coefficient (Wildman–Crippen LogP) is 2.43. The summed E-state index contributed by atoms with van der Waals surface area (Å²) in [5, 5.41) is -0.464. The molecular formula is C9H9ClF2N2O2. The number of halogens is 3. The molecule has 1 heterocycles. The quantitative estimate of drug-likeness (QED) is 0.837. The Morgan fingerprint density at radius 1 is 1.69 bits per heavy atom. The Labute approximate surface area is 95.4 Å². The number of esters is 1. The Morgan fingerprint density at radius 2 is 2.31 bits per heavy atom. The zero-order valence-corrected chi connectivity index (χ0v) is 9.09. The molecule has 0 amide bonds. The molecule has 0 saturated heterocycles. The zero-order chi connectivity index (χ0) is 12.3. The first-order chi connectivity index (χ1) is 7.49. The van der Waals surface area contributed by atoms with Crippen LogP contribution in [-0.4, -0.2) is 17.6 Å². The molecule has 0 atom stereocenters. The number of nitrogens with two attached hydrogens (primary N) is 1. The van der Waals surface area contributed by atoms with E-state index in [1.807, 2.05) is 0 Å². The van der Waals surface area contributed by atoms with E-state index in [9.17, 15) is 13.6 Å². The summed E-state index contributed by atoms with van der Waals surface area (Å²) < 4.78 is 29.8. The van der Waals surface area contributed by atoms with Gasteiger partial charge in [0.05, 0.1) is 29.1 Å². The molecule has 4 nitrogen and oxygen atoms in total. The second kappa shape index (κ2) is 5.07. The van der Waals surface area contributed by atoms with Crippen molar-refractivity contribution in [3.05, 3.63) is 22.5 Å². The van der Waals surface area contributed by atoms with Crippen molar-refractivity contribution in [2.24, 2.45) is 0 Å². The molecule has 16 heavy (non-hydrogen) atoms. The molecule has 1 aromatic heterocycles. The molecule has 0 aromatic carbocycles. The van der Waals surface area contributed by atoms with E-state index < -0.39 is 23.0 Å². The van der Waals surface area contributed by atoms with E-state index in [1.165, 1.54) is 0 Å². The second-order valence-corrected chi connectivity index (χ2v) is 3.19. The molecule has 0 radical (unpaired) electrons. The highest BCUT2D eigenvalue weighted by molar-refractivity contribution is 6.34. The minimum Gasteiger partial charge on any atom is -0.461 e. The van der Waals surface area contributed by atoms with Crippen molar-refractivity contribution < 1.29 is 18.3 Å². The average Bonchev–Trinajstić information content (AvgIpc) is 2.17. The Kier molecular flexibility index (Phi) is 4.00. The van der Waals surface area contributed by atoms with Gasteiger partial charge in [-0.1, -0.05) is 11.6 Å². The second-order valence-electron chi connectivity index (χ2n) is 2.81. The monoisotopic (exact) mass is 250 g/mol. The van der Waals surface area contributed by atoms with Gasteiger partial charge in [-0.15, -0.1) is 0 Å². The number of nitrogens with zero attached hydrogens (tertiary/aromatic N) is 1. The number of carbonyl (C=O) groups is 1. The first kappa shape index (κ1) is 12.6. The van der Waals surface area contributed by atoms with Crippen molar-refractivity contribution in [1.29, 1.82) is 0 Å². The van der Waals surface area contributed by atoms with Gasteiger partial charge in [0, 0.05) is 0 Å². The molecule has 0 aliphatic rings. The highest BCUT2D eigenvalue weighted by atomic mass is 35.5. The normalized spacial score (nSPS) is 10.6. The SMILES string of the molecule is CCOC(=O)c1ncc(N)c(C(F)F)c1Cl. The highest BCUT2D eigenvalue weighted by Gasteiger charge is 2.23. The molecule has 0 spiro atoms. The van der Waals surface area contributed by atoms with Crippen LogP contribution in [0.15, 0.2) is 6.20 Å². The highest BCUT2D eigenvalue weighted by Crippen LogP contribution is 2.33. The third kappa shape index (κ3) is 2.38. The number of rotatable bonds is 3. The third-order valence-corrected chi connectivity index (χ3v) is 2.16. The molecule has 0 fully saturated rings. The maximum atomic E-state index is 12.6. The molecular weight excluding hydrogens is 242 g/mol. The molecule has 0 bridgehead atoms. The van der Waals surface area contributed by atoms with Crippen molar-refractivity contribution in [1.82, 2.24) is 4.98 Å². The number of hydrogen-bond donors (Lipinski definition) is 1. The lowest BCUT2D eigenvalue weighted by Crippen LogP contribution is -2.10. The van der Waals surface area contributed by atoms with E-state index >= 15 is 0 Å². The van der Waals surface area contributed by atoms with Gasteiger partial charge in [0.25, 0.3) is 6.43 Å². The number of nitrogen functional groups attached to an aromatic ring is 1. The lowest BCUT2D eigenvalue weighted by Gasteiger charge is -2.09. The first-order valence-corrected chi connectivity index (χ1v) is 4.76. The first-order valence-electron chi connectivity index (χ1n) is 4.38. The largest absolute Gasteiger partial charge is 0.461 e. The summed E-state index contributed by atoms with van der Waals surface area (Å²) in [4.78, 5) is 14.9. The Balaban J connectivity index is 3.23. The third-order valence-electron chi connectivity index (χ3n) is 1.78. The van der Waals surface area contributed by atoms with Gasteiger partial charge in [-0.3, -0.25) is 0 Å². The summed E-state index contributed by atoms with van der Waals surface area (Å²) in [7, 11) is 0. The van der Waals surface area contributed by atoms with Gasteiger partial charge in [0.1, 0.15) is 0 Å². The van der Waals surface area contributed by atoms with Crippen LogP contribution in [0, 0.1) is 0 Å². The Bertz CT molecular complexity index is 413. The number of hydrogen-bond acceptors (Lipinski definition) is 4. The van der Waals surface area contributed by atoms with Gasteiger partial charge in [0.2, 0.25) is 0 Å². The number of pyridine rings is 1. The minimum atomic E-state index is -2.87. The number of anilines is 1. The fourth-order valence-electron chi connectivity index (χ4n) is 1.08. The van der Waals surface area contributed by atoms with Gasteiger partial charge >= 0.3 is 5.97 Å². The molecule has 0 aliphatic heterocycles. The van der Waals surface area contributed by atoms with E-state index in [1.54, 1.807) is 6.92 Å². The number of aromatic nitrogens is 1. The van der Waals surface area contributed by atoms with Crippen LogP contribution in [0.2, 0.25) is 5.02 Å². The Morgan fingerprint density at radius 3 is 2.81 bits per heavy atom. The summed E-state index contributed by atoms with van der Waals surface area (Å²) in [6.07, 6.45) is -1.91. The number of carbonyl (C=O) groups excluding carboxylic acids is 1. The van der Waals surface area contributed by atoms with Crippen LogP contribution < -0.4 is 5.73 Å². The van der Waals surface area contributed by atoms with Crippen molar-refractivity contribution in [2.45, 2.75) is 13.3 Å². The number of ether oxygens (including phenoxy) is 1. The summed E-state index contributed by atoms with van der Waals surface area (Å²) in [6.45, 7) is 1.68. The van der Waals surface area contributed by atoms with E-state index in [2.05, 4.69) is 9.72 Å². The van der Waals surface area contributed by atoms with Gasteiger partial charge in [0.15, 0.2) is 5.69 Å². The molecule has 1 rings (SSSR count). The van der Waals surface area contributed by atoms with Crippen molar-refractivity contribution in [3.8, 4) is 0 Å². The van der Waals surface area contributed by atoms with Gasteiger partial charge in [-0.05, 0) is 6.92 Å². The lowest BCUT2D eigenvalue weighted by molar-refractivity contribution is 0.0519. The lowest BCUT2D eigenvalue weighted by atomic mass is 10.2. The summed E-state index contributed by atoms with van der Waals surface area (Å²) in [5.41, 5.74) is 4.08. The zero-order valence-electron chi connectivity index (χ0n) is 8.34. The minimum absolute atomic E-state index is 0.102. The molecule has 1 aromatic rings. The van der Waals surface area contributed by atoms with Crippen LogP contribution >= 0.6 is 11.6 Å². The van der Waals surface area contributed by atoms with Gasteiger partial charge in [-0.25, -0.2) is 18.6 Å². The van der Waals surface area contributed by atoms with E-state index in [-0.39, 0.29) is 18.0 Å². The fourth-order valence-corrected chi connectivity index (χ4v) is 1.40. The van der Waals surface area contributed by atoms with Crippen LogP contribution in [-0.2, 0) is 4.74 Å². The van der Waals surface area contributed by atoms with Crippen LogP contribution in [0.3, 0.4) is 0 Å². The molecule has 7 heteroatoms. The number of alkyl halides is 2. The van der Waals surface area contributed by atoms with Crippen LogP contribution in [0.25, 0.3) is 0 Å². The van der Waals surface area contributed by atoms with E-state index in [0.29, 0.717) is 0 Å². The smallest absolute Gasteiger partial charge is 0.358 e. The van der Waals surface area contributed by atoms with Gasteiger partial charge in [-0.2, -0.15) is 0 Å². The average molecular weight is 251 g/mol. The maximum Gasteiger partial charge on any atom is 0.358 e. The van der Waals surface area contributed by atoms with Crippen molar-refractivity contribution >= 4 is 23.3 Å². The maximum absolute atomic E-state index is 12.6. The fraction of sp³-hybridized carbons (Fsp3) is 0.333. The topological polar surface area (TPSA) is 65.2 Å². The van der Waals surface area contributed by atoms with Gasteiger partial charge < -0.3 is 10.5 Å². The summed E-state index contributed by atoms with van der Waals surface area (Å²) in [6, 6.07) is 0. The van der Waals surface area contributed by atoms with Crippen molar-refractivity contribution in [2.75, 3.05) is 12.3 Å². The van der Waals surface area contributed by atoms with E-state index in [0.717, 1.165) is 6.20 Å². The predicted molar refractivity (Wildman–Crippen MR) is 54.6 cm³/mol. The standard InChI is InChI=1S/C9H9ClF2N2O2/c1-2-16-9(15)7-6(10)5(8(11)12)4(13)3-14-7/h3,8H,2,13H2,1H3. The summed E-state index contributed by atoms with van der Waals surface area (Å²) >= 11 is 5.62. The van der Waals surface area contributed by atoms with Crippen LogP contribution in [0.1, 0.15) is 29.4 Å². The molecule has 0 unspecified atom stereocenters. The molecule has 2 N–H and O–H groups in total. The summed E-state index contributed by atoms with van der Waals surface area (Å²) in [5.74, 6) is -0.852. The molecule has 0 aliphatic carbocycles. The van der Waals surface area contributed by atoms with Crippen LogP contribution in [0.4, 0.5) is 14.5 Å². The Hall–Kier alpha value is -1.43. The van der Waals surface area contributed by atoms with Crippen LogP contribution in [0.5, 0.6) is 0 Å². The molecule has 0 saturated carbocycles.